The van der Waals surface area contributed by atoms with Gasteiger partial charge in [0.1, 0.15) is 17.9 Å². The van der Waals surface area contributed by atoms with E-state index in [-0.39, 0.29) is 0 Å². The van der Waals surface area contributed by atoms with Crippen molar-refractivity contribution in [3.8, 4) is 5.75 Å². The molecule has 80 valence electrons. The Morgan fingerprint density at radius 3 is 3.07 bits per heavy atom. The first kappa shape index (κ1) is 9.92. The Hall–Kier alpha value is -1.62. The van der Waals surface area contributed by atoms with Crippen LogP contribution >= 0.6 is 0 Å². The fourth-order valence-electron chi connectivity index (χ4n) is 1.30. The standard InChI is InChI=1S/C10H11FN2O2/c1-14-4-5-15-9-3-2-8-7-12-13(11)10(8)6-9/h2-3,6-7H,4-5H2,1H3. The van der Waals surface area contributed by atoms with Crippen molar-refractivity contribution >= 4 is 10.9 Å². The van der Waals surface area contributed by atoms with Crippen molar-refractivity contribution in [2.24, 2.45) is 0 Å². The van der Waals surface area contributed by atoms with E-state index in [0.29, 0.717) is 29.4 Å². The van der Waals surface area contributed by atoms with Gasteiger partial charge in [-0.05, 0) is 12.1 Å². The summed E-state index contributed by atoms with van der Waals surface area (Å²) in [6, 6.07) is 5.15. The highest BCUT2D eigenvalue weighted by Crippen LogP contribution is 2.20. The Morgan fingerprint density at radius 1 is 1.40 bits per heavy atom. The van der Waals surface area contributed by atoms with E-state index in [9.17, 15) is 4.48 Å². The van der Waals surface area contributed by atoms with Crippen LogP contribution < -0.4 is 4.74 Å². The molecule has 15 heavy (non-hydrogen) atoms. The third-order valence-electron chi connectivity index (χ3n) is 2.06. The zero-order valence-corrected chi connectivity index (χ0v) is 8.31. The van der Waals surface area contributed by atoms with E-state index in [1.165, 1.54) is 6.20 Å². The minimum atomic E-state index is 0.332. The lowest BCUT2D eigenvalue weighted by molar-refractivity contribution is 0.146. The minimum Gasteiger partial charge on any atom is -0.491 e. The third kappa shape index (κ3) is 2.07. The fourth-order valence-corrected chi connectivity index (χ4v) is 1.30. The van der Waals surface area contributed by atoms with Gasteiger partial charge in [-0.3, -0.25) is 0 Å². The fraction of sp³-hybridized carbons (Fsp3) is 0.300. The number of rotatable bonds is 4. The van der Waals surface area contributed by atoms with Crippen LogP contribution in [-0.2, 0) is 4.74 Å². The summed E-state index contributed by atoms with van der Waals surface area (Å²) in [5.74, 6) is 0.610. The summed E-state index contributed by atoms with van der Waals surface area (Å²) in [5.41, 5.74) is 0.407. The van der Waals surface area contributed by atoms with E-state index in [1.54, 1.807) is 25.3 Å². The van der Waals surface area contributed by atoms with Crippen LogP contribution in [0, 0.1) is 0 Å². The maximum atomic E-state index is 13.0. The Kier molecular flexibility index (Phi) is 2.82. The first-order chi connectivity index (χ1) is 7.31. The molecule has 2 rings (SSSR count). The lowest BCUT2D eigenvalue weighted by Crippen LogP contribution is -2.04. The average molecular weight is 210 g/mol. The summed E-state index contributed by atoms with van der Waals surface area (Å²) in [4.78, 5) is 0.332. The summed E-state index contributed by atoms with van der Waals surface area (Å²) < 4.78 is 23.2. The molecule has 0 amide bonds. The first-order valence-corrected chi connectivity index (χ1v) is 4.57. The zero-order chi connectivity index (χ0) is 10.7. The molecule has 0 aliphatic heterocycles. The largest absolute Gasteiger partial charge is 0.491 e. The van der Waals surface area contributed by atoms with Crippen molar-refractivity contribution in [2.75, 3.05) is 20.3 Å². The summed E-state index contributed by atoms with van der Waals surface area (Å²) >= 11 is 0. The second kappa shape index (κ2) is 4.27. The molecule has 0 fully saturated rings. The highest BCUT2D eigenvalue weighted by molar-refractivity contribution is 5.79. The lowest BCUT2D eigenvalue weighted by atomic mass is 10.2. The normalized spacial score (nSPS) is 10.8. The number of benzene rings is 1. The molecule has 0 aliphatic carbocycles. The third-order valence-corrected chi connectivity index (χ3v) is 2.06. The Bertz CT molecular complexity index is 456. The minimum absolute atomic E-state index is 0.332. The molecule has 0 aliphatic rings. The number of hydrogen-bond donors (Lipinski definition) is 0. The Labute approximate surface area is 86.1 Å². The van der Waals surface area contributed by atoms with Gasteiger partial charge in [0, 0.05) is 18.6 Å². The molecule has 0 saturated heterocycles. The molecule has 1 heterocycles. The maximum Gasteiger partial charge on any atom is 0.121 e. The SMILES string of the molecule is COCCOc1ccc2cnn(F)c2c1. The van der Waals surface area contributed by atoms with Crippen molar-refractivity contribution in [3.63, 3.8) is 0 Å². The second-order valence-electron chi connectivity index (χ2n) is 3.07. The number of methoxy groups -OCH3 is 1. The predicted molar refractivity (Wildman–Crippen MR) is 53.6 cm³/mol. The van der Waals surface area contributed by atoms with E-state index in [1.807, 2.05) is 0 Å². The number of ether oxygens (including phenoxy) is 2. The summed E-state index contributed by atoms with van der Waals surface area (Å²) in [6.07, 6.45) is 1.47. The van der Waals surface area contributed by atoms with Crippen LogP contribution in [0.5, 0.6) is 5.75 Å². The second-order valence-corrected chi connectivity index (χ2v) is 3.07. The molecule has 1 aromatic carbocycles. The van der Waals surface area contributed by atoms with E-state index < -0.39 is 0 Å². The summed E-state index contributed by atoms with van der Waals surface area (Å²) in [6.45, 7) is 0.954. The van der Waals surface area contributed by atoms with Crippen LogP contribution in [0.2, 0.25) is 0 Å². The van der Waals surface area contributed by atoms with Crippen molar-refractivity contribution in [1.29, 1.82) is 0 Å². The molecular formula is C10H11FN2O2. The molecule has 0 bridgehead atoms. The highest BCUT2D eigenvalue weighted by Gasteiger charge is 2.03. The predicted octanol–water partition coefficient (Wildman–Crippen LogP) is 1.79. The Balaban J connectivity index is 2.18. The molecule has 0 atom stereocenters. The van der Waals surface area contributed by atoms with Crippen LogP contribution in [0.4, 0.5) is 4.48 Å². The number of aromatic nitrogens is 2. The van der Waals surface area contributed by atoms with Gasteiger partial charge < -0.3 is 9.47 Å². The van der Waals surface area contributed by atoms with E-state index in [2.05, 4.69) is 5.10 Å². The molecule has 0 spiro atoms. The number of hydrogen-bond acceptors (Lipinski definition) is 3. The molecule has 0 unspecified atom stereocenters. The van der Waals surface area contributed by atoms with Gasteiger partial charge in [0.15, 0.2) is 0 Å². The molecule has 1 aromatic heterocycles. The van der Waals surface area contributed by atoms with E-state index >= 15 is 0 Å². The zero-order valence-electron chi connectivity index (χ0n) is 8.31. The molecule has 0 radical (unpaired) electrons. The van der Waals surface area contributed by atoms with Crippen molar-refractivity contribution in [2.45, 2.75) is 0 Å². The summed E-state index contributed by atoms with van der Waals surface area (Å²) in [7, 11) is 1.60. The van der Waals surface area contributed by atoms with E-state index in [0.717, 1.165) is 5.39 Å². The van der Waals surface area contributed by atoms with E-state index in [4.69, 9.17) is 9.47 Å². The average Bonchev–Trinajstić information content (AvgIpc) is 2.61. The molecule has 4 nitrogen and oxygen atoms in total. The molecule has 0 saturated carbocycles. The van der Waals surface area contributed by atoms with Crippen LogP contribution in [0.25, 0.3) is 10.9 Å². The van der Waals surface area contributed by atoms with Gasteiger partial charge in [-0.2, -0.15) is 0 Å². The smallest absolute Gasteiger partial charge is 0.121 e. The van der Waals surface area contributed by atoms with Crippen molar-refractivity contribution in [3.05, 3.63) is 24.4 Å². The quantitative estimate of drug-likeness (QED) is 0.722. The van der Waals surface area contributed by atoms with Gasteiger partial charge in [-0.15, -0.1) is 5.10 Å². The van der Waals surface area contributed by atoms with Gasteiger partial charge in [-0.25, -0.2) is 0 Å². The monoisotopic (exact) mass is 210 g/mol. The molecule has 5 heteroatoms. The first-order valence-electron chi connectivity index (χ1n) is 4.57. The van der Waals surface area contributed by atoms with Crippen molar-refractivity contribution in [1.82, 2.24) is 10.0 Å². The lowest BCUT2D eigenvalue weighted by Gasteiger charge is -2.04. The van der Waals surface area contributed by atoms with Crippen molar-refractivity contribution < 1.29 is 14.0 Å². The van der Waals surface area contributed by atoms with Crippen LogP contribution in [-0.4, -0.2) is 30.3 Å². The number of halogens is 1. The maximum absolute atomic E-state index is 13.0. The van der Waals surface area contributed by atoms with Gasteiger partial charge in [0.05, 0.1) is 12.8 Å². The van der Waals surface area contributed by atoms with Gasteiger partial charge in [0.25, 0.3) is 0 Å². The number of nitrogens with zero attached hydrogens (tertiary/aromatic N) is 2. The van der Waals surface area contributed by atoms with Crippen LogP contribution in [0.15, 0.2) is 24.4 Å². The molecule has 2 aromatic rings. The summed E-state index contributed by atoms with van der Waals surface area (Å²) in [5, 5.41) is 4.25. The Morgan fingerprint density at radius 2 is 2.27 bits per heavy atom. The highest BCUT2D eigenvalue weighted by atomic mass is 19.2. The number of fused-ring (bicyclic) bond motifs is 1. The van der Waals surface area contributed by atoms with Gasteiger partial charge >= 0.3 is 0 Å². The molecule has 0 N–H and O–H groups in total. The molecular weight excluding hydrogens is 199 g/mol. The van der Waals surface area contributed by atoms with Crippen LogP contribution in [0.3, 0.4) is 0 Å². The van der Waals surface area contributed by atoms with Crippen LogP contribution in [0.1, 0.15) is 0 Å². The van der Waals surface area contributed by atoms with Gasteiger partial charge in [-0.1, -0.05) is 9.39 Å². The van der Waals surface area contributed by atoms with Gasteiger partial charge in [0.2, 0.25) is 0 Å². The topological polar surface area (TPSA) is 36.3 Å².